The lowest BCUT2D eigenvalue weighted by molar-refractivity contribution is -0.121. The van der Waals surface area contributed by atoms with Crippen LogP contribution in [0.1, 0.15) is 19.8 Å². The van der Waals surface area contributed by atoms with Crippen molar-refractivity contribution >= 4 is 5.91 Å². The van der Waals surface area contributed by atoms with Gasteiger partial charge in [0.15, 0.2) is 5.82 Å². The Labute approximate surface area is 134 Å². The fraction of sp³-hybridized carbons (Fsp3) is 0.438. The Balaban J connectivity index is 2.11. The maximum Gasteiger partial charge on any atom is 0.345 e. The van der Waals surface area contributed by atoms with Crippen LogP contribution in [0.15, 0.2) is 29.1 Å². The van der Waals surface area contributed by atoms with Crippen LogP contribution in [0, 0.1) is 0 Å². The van der Waals surface area contributed by atoms with Crippen LogP contribution in [-0.2, 0) is 18.4 Å². The number of nitrogens with one attached hydrogen (secondary N) is 1. The lowest BCUT2D eigenvalue weighted by Gasteiger charge is -2.03. The summed E-state index contributed by atoms with van der Waals surface area (Å²) in [5, 5.41) is 7.13. The maximum atomic E-state index is 12.2. The molecule has 0 atom stereocenters. The van der Waals surface area contributed by atoms with Gasteiger partial charge in [0.1, 0.15) is 5.75 Å². The first kappa shape index (κ1) is 16.8. The molecule has 2 rings (SSSR count). The number of carbonyl (C=O) groups excluding carboxylic acids is 1. The molecule has 0 saturated carbocycles. The zero-order valence-corrected chi connectivity index (χ0v) is 13.7. The number of hydrogen-bond donors (Lipinski definition) is 1. The molecular formula is C16H22N4O3. The van der Waals surface area contributed by atoms with E-state index < -0.39 is 0 Å². The Morgan fingerprint density at radius 3 is 2.61 bits per heavy atom. The van der Waals surface area contributed by atoms with E-state index in [-0.39, 0.29) is 11.6 Å². The second kappa shape index (κ2) is 7.62. The van der Waals surface area contributed by atoms with Crippen molar-refractivity contribution < 1.29 is 9.53 Å². The number of nitrogens with zero attached hydrogens (tertiary/aromatic N) is 3. The van der Waals surface area contributed by atoms with Crippen molar-refractivity contribution in [1.82, 2.24) is 19.7 Å². The van der Waals surface area contributed by atoms with E-state index in [9.17, 15) is 9.59 Å². The fourth-order valence-corrected chi connectivity index (χ4v) is 2.24. The van der Waals surface area contributed by atoms with Gasteiger partial charge in [-0.2, -0.15) is 0 Å². The summed E-state index contributed by atoms with van der Waals surface area (Å²) >= 11 is 0. The summed E-state index contributed by atoms with van der Waals surface area (Å²) in [5.41, 5.74) is 0.625. The van der Waals surface area contributed by atoms with Gasteiger partial charge in [0.05, 0.1) is 13.7 Å². The van der Waals surface area contributed by atoms with Gasteiger partial charge in [-0.05, 0) is 30.7 Å². The predicted octanol–water partition coefficient (Wildman–Crippen LogP) is 1.17. The summed E-state index contributed by atoms with van der Waals surface area (Å²) < 4.78 is 7.99. The Hall–Kier alpha value is -2.57. The highest BCUT2D eigenvalue weighted by Crippen LogP contribution is 2.19. The molecule has 0 aliphatic rings. The molecule has 0 saturated heterocycles. The summed E-state index contributed by atoms with van der Waals surface area (Å²) in [7, 11) is 3.29. The number of aromatic nitrogens is 3. The minimum atomic E-state index is -0.208. The molecule has 1 N–H and O–H groups in total. The van der Waals surface area contributed by atoms with E-state index in [1.165, 1.54) is 9.25 Å². The number of ether oxygens (including phenoxy) is 1. The summed E-state index contributed by atoms with van der Waals surface area (Å²) in [6, 6.07) is 7.36. The van der Waals surface area contributed by atoms with Crippen molar-refractivity contribution in [2.24, 2.45) is 7.05 Å². The zero-order valence-electron chi connectivity index (χ0n) is 13.7. The minimum Gasteiger partial charge on any atom is -0.497 e. The Kier molecular flexibility index (Phi) is 5.56. The molecular weight excluding hydrogens is 296 g/mol. The molecule has 1 amide bonds. The largest absolute Gasteiger partial charge is 0.497 e. The van der Waals surface area contributed by atoms with Crippen molar-refractivity contribution in [2.45, 2.75) is 26.3 Å². The van der Waals surface area contributed by atoms with Crippen molar-refractivity contribution in [3.05, 3.63) is 34.7 Å². The highest BCUT2D eigenvalue weighted by Gasteiger charge is 2.12. The van der Waals surface area contributed by atoms with Crippen LogP contribution >= 0.6 is 0 Å². The van der Waals surface area contributed by atoms with Crippen molar-refractivity contribution in [3.8, 4) is 17.1 Å². The van der Waals surface area contributed by atoms with E-state index >= 15 is 0 Å². The molecule has 23 heavy (non-hydrogen) atoms. The molecule has 124 valence electrons. The zero-order chi connectivity index (χ0) is 16.8. The lowest BCUT2D eigenvalue weighted by Crippen LogP contribution is -2.31. The molecule has 0 aliphatic carbocycles. The smallest absolute Gasteiger partial charge is 0.345 e. The van der Waals surface area contributed by atoms with Gasteiger partial charge < -0.3 is 10.1 Å². The molecule has 0 unspecified atom stereocenters. The number of benzene rings is 1. The van der Waals surface area contributed by atoms with E-state index in [1.54, 1.807) is 14.2 Å². The first-order chi connectivity index (χ1) is 11.1. The van der Waals surface area contributed by atoms with Crippen LogP contribution in [0.25, 0.3) is 11.4 Å². The second-order valence-corrected chi connectivity index (χ2v) is 5.22. The SMILES string of the molecule is CCCC(=O)NCCn1nc(-c2ccc(OC)cc2)n(C)c1=O. The van der Waals surface area contributed by atoms with E-state index in [1.807, 2.05) is 31.2 Å². The van der Waals surface area contributed by atoms with Gasteiger partial charge in [0.25, 0.3) is 0 Å². The van der Waals surface area contributed by atoms with Crippen molar-refractivity contribution in [1.29, 1.82) is 0 Å². The monoisotopic (exact) mass is 318 g/mol. The summed E-state index contributed by atoms with van der Waals surface area (Å²) in [4.78, 5) is 23.6. The van der Waals surface area contributed by atoms with Gasteiger partial charge in [0, 0.05) is 25.6 Å². The quantitative estimate of drug-likeness (QED) is 0.831. The third kappa shape index (κ3) is 4.00. The molecule has 0 radical (unpaired) electrons. The molecule has 2 aromatic rings. The van der Waals surface area contributed by atoms with E-state index in [0.29, 0.717) is 25.3 Å². The molecule has 7 nitrogen and oxygen atoms in total. The molecule has 0 bridgehead atoms. The average Bonchev–Trinajstić information content (AvgIpc) is 2.84. The van der Waals surface area contributed by atoms with Gasteiger partial charge >= 0.3 is 5.69 Å². The van der Waals surface area contributed by atoms with Crippen LogP contribution in [0.5, 0.6) is 5.75 Å². The Bertz CT molecular complexity index is 716. The molecule has 7 heteroatoms. The first-order valence-corrected chi connectivity index (χ1v) is 7.61. The van der Waals surface area contributed by atoms with Crippen LogP contribution in [0.2, 0.25) is 0 Å². The number of amides is 1. The Morgan fingerprint density at radius 1 is 1.30 bits per heavy atom. The second-order valence-electron chi connectivity index (χ2n) is 5.22. The van der Waals surface area contributed by atoms with Gasteiger partial charge in [-0.3, -0.25) is 9.36 Å². The molecule has 0 fully saturated rings. The maximum absolute atomic E-state index is 12.2. The fourth-order valence-electron chi connectivity index (χ4n) is 2.24. The average molecular weight is 318 g/mol. The van der Waals surface area contributed by atoms with E-state index in [4.69, 9.17) is 4.74 Å². The molecule has 0 spiro atoms. The molecule has 1 aromatic heterocycles. The standard InChI is InChI=1S/C16H22N4O3/c1-4-5-14(21)17-10-11-20-16(22)19(2)15(18-20)12-6-8-13(23-3)9-7-12/h6-9H,4-5,10-11H2,1-3H3,(H,17,21). The highest BCUT2D eigenvalue weighted by atomic mass is 16.5. The summed E-state index contributed by atoms with van der Waals surface area (Å²) in [6.45, 7) is 2.68. The van der Waals surface area contributed by atoms with Crippen LogP contribution < -0.4 is 15.7 Å². The highest BCUT2D eigenvalue weighted by molar-refractivity contribution is 5.75. The first-order valence-electron chi connectivity index (χ1n) is 7.61. The normalized spacial score (nSPS) is 10.6. The Morgan fingerprint density at radius 2 is 2.00 bits per heavy atom. The van der Waals surface area contributed by atoms with Gasteiger partial charge in [-0.25, -0.2) is 9.48 Å². The van der Waals surface area contributed by atoms with Gasteiger partial charge in [0.2, 0.25) is 5.91 Å². The predicted molar refractivity (Wildman–Crippen MR) is 87.4 cm³/mol. The topological polar surface area (TPSA) is 78.2 Å². The lowest BCUT2D eigenvalue weighted by atomic mass is 10.2. The van der Waals surface area contributed by atoms with Crippen LogP contribution in [0.4, 0.5) is 0 Å². The number of rotatable bonds is 7. The third-order valence-electron chi connectivity index (χ3n) is 3.51. The van der Waals surface area contributed by atoms with Crippen LogP contribution in [0.3, 0.4) is 0 Å². The number of hydrogen-bond acceptors (Lipinski definition) is 4. The van der Waals surface area contributed by atoms with Gasteiger partial charge in [-0.15, -0.1) is 5.10 Å². The number of methoxy groups -OCH3 is 1. The minimum absolute atomic E-state index is 0.00754. The van der Waals surface area contributed by atoms with E-state index in [0.717, 1.165) is 17.7 Å². The van der Waals surface area contributed by atoms with Crippen LogP contribution in [-0.4, -0.2) is 33.9 Å². The van der Waals surface area contributed by atoms with Gasteiger partial charge in [-0.1, -0.05) is 6.92 Å². The van der Waals surface area contributed by atoms with Crippen molar-refractivity contribution in [3.63, 3.8) is 0 Å². The third-order valence-corrected chi connectivity index (χ3v) is 3.51. The number of carbonyl (C=O) groups is 1. The van der Waals surface area contributed by atoms with E-state index in [2.05, 4.69) is 10.4 Å². The van der Waals surface area contributed by atoms with Crippen molar-refractivity contribution in [2.75, 3.05) is 13.7 Å². The molecule has 1 heterocycles. The summed E-state index contributed by atoms with van der Waals surface area (Å²) in [6.07, 6.45) is 1.30. The molecule has 1 aromatic carbocycles. The molecule has 0 aliphatic heterocycles. The summed E-state index contributed by atoms with van der Waals surface area (Å²) in [5.74, 6) is 1.32.